The highest BCUT2D eigenvalue weighted by atomic mass is 16.7. The van der Waals surface area contributed by atoms with E-state index in [2.05, 4.69) is 13.8 Å². The van der Waals surface area contributed by atoms with Gasteiger partial charge in [0, 0.05) is 12.8 Å². The first kappa shape index (κ1) is 15.0. The lowest BCUT2D eigenvalue weighted by Crippen LogP contribution is -2.29. The molecule has 0 spiro atoms. The topological polar surface area (TPSA) is 35.5 Å². The van der Waals surface area contributed by atoms with Crippen molar-refractivity contribution < 1.29 is 14.3 Å². The van der Waals surface area contributed by atoms with Crippen molar-refractivity contribution in [3.63, 3.8) is 0 Å². The van der Waals surface area contributed by atoms with E-state index < -0.39 is 0 Å². The molecule has 4 aliphatic rings. The first-order valence-electron chi connectivity index (χ1n) is 9.25. The number of carbonyl (C=O) groups is 1. The van der Waals surface area contributed by atoms with Crippen LogP contribution in [-0.4, -0.2) is 18.9 Å². The molecule has 1 aliphatic heterocycles. The van der Waals surface area contributed by atoms with Crippen LogP contribution < -0.4 is 0 Å². The van der Waals surface area contributed by atoms with E-state index >= 15 is 0 Å². The van der Waals surface area contributed by atoms with Crippen LogP contribution in [0.5, 0.6) is 0 Å². The Labute approximate surface area is 134 Å². The third kappa shape index (κ3) is 2.50. The predicted molar refractivity (Wildman–Crippen MR) is 83.9 cm³/mol. The van der Waals surface area contributed by atoms with Crippen LogP contribution in [0.25, 0.3) is 0 Å². The van der Waals surface area contributed by atoms with Crippen molar-refractivity contribution in [1.82, 2.24) is 0 Å². The minimum absolute atomic E-state index is 0.200. The molecule has 3 nitrogen and oxygen atoms in total. The normalized spacial score (nSPS) is 49.1. The summed E-state index contributed by atoms with van der Waals surface area (Å²) in [6.45, 7) is 7.20. The summed E-state index contributed by atoms with van der Waals surface area (Å²) in [7, 11) is 0. The fraction of sp³-hybridized carbons (Fsp3) is 0.947. The van der Waals surface area contributed by atoms with Gasteiger partial charge in [0.25, 0.3) is 0 Å². The van der Waals surface area contributed by atoms with Crippen molar-refractivity contribution >= 4 is 5.97 Å². The molecule has 0 aromatic carbocycles. The van der Waals surface area contributed by atoms with Gasteiger partial charge in [0.15, 0.2) is 0 Å². The van der Waals surface area contributed by atoms with Gasteiger partial charge in [-0.1, -0.05) is 26.7 Å². The van der Waals surface area contributed by atoms with Gasteiger partial charge in [-0.3, -0.25) is 4.79 Å². The maximum Gasteiger partial charge on any atom is 0.304 e. The van der Waals surface area contributed by atoms with Crippen molar-refractivity contribution in [2.75, 3.05) is 6.61 Å². The first-order chi connectivity index (χ1) is 10.5. The maximum absolute atomic E-state index is 11.2. The molecular weight excluding hydrogens is 276 g/mol. The molecular formula is C19H30O3. The van der Waals surface area contributed by atoms with Crippen LogP contribution >= 0.6 is 0 Å². The van der Waals surface area contributed by atoms with Gasteiger partial charge >= 0.3 is 5.97 Å². The van der Waals surface area contributed by atoms with Gasteiger partial charge in [-0.2, -0.15) is 0 Å². The number of ether oxygens (including phenoxy) is 2. The van der Waals surface area contributed by atoms with Crippen LogP contribution in [0.3, 0.4) is 0 Å². The Balaban J connectivity index is 1.43. The van der Waals surface area contributed by atoms with Gasteiger partial charge in [0.2, 0.25) is 6.29 Å². The molecule has 0 radical (unpaired) electrons. The van der Waals surface area contributed by atoms with Crippen LogP contribution in [0, 0.1) is 40.9 Å². The number of rotatable bonds is 2. The Bertz CT molecular complexity index is 458. The van der Waals surface area contributed by atoms with Crippen molar-refractivity contribution in [1.29, 1.82) is 0 Å². The number of carbonyl (C=O) groups excluding carboxylic acids is 1. The van der Waals surface area contributed by atoms with E-state index in [1.54, 1.807) is 0 Å². The van der Waals surface area contributed by atoms with E-state index in [0.29, 0.717) is 17.3 Å². The maximum atomic E-state index is 11.2. The molecule has 22 heavy (non-hydrogen) atoms. The zero-order chi connectivity index (χ0) is 15.5. The lowest BCUT2D eigenvalue weighted by atomic mass is 9.70. The fourth-order valence-electron chi connectivity index (χ4n) is 6.24. The van der Waals surface area contributed by atoms with Gasteiger partial charge < -0.3 is 9.47 Å². The van der Waals surface area contributed by atoms with E-state index in [9.17, 15) is 4.79 Å². The molecule has 1 saturated heterocycles. The molecule has 0 aromatic rings. The molecule has 3 saturated carbocycles. The summed E-state index contributed by atoms with van der Waals surface area (Å²) in [5, 5.41) is 0. The summed E-state index contributed by atoms with van der Waals surface area (Å²) < 4.78 is 11.2. The molecule has 0 N–H and O–H groups in total. The standard InChI is InChI=1S/C19H30O3/c1-11(20)22-18-13-6-7-14-16(17(14)15(13)10-21-18)12-5-4-8-19(2,3)9-12/h12-18H,4-10H2,1-3H3/t12?,13-,14?,15-,16?,17+,18+/m1/s1. The molecule has 4 fully saturated rings. The average Bonchev–Trinajstić information content (AvgIpc) is 3.05. The highest BCUT2D eigenvalue weighted by Crippen LogP contribution is 2.67. The van der Waals surface area contributed by atoms with E-state index in [-0.39, 0.29) is 12.3 Å². The molecule has 4 rings (SSSR count). The number of esters is 1. The quantitative estimate of drug-likeness (QED) is 0.723. The second kappa shape index (κ2) is 5.22. The lowest BCUT2D eigenvalue weighted by Gasteiger charge is -2.36. The third-order valence-electron chi connectivity index (χ3n) is 7.04. The minimum atomic E-state index is -0.257. The Morgan fingerprint density at radius 2 is 1.86 bits per heavy atom. The largest absolute Gasteiger partial charge is 0.436 e. The molecule has 124 valence electrons. The van der Waals surface area contributed by atoms with Gasteiger partial charge in [-0.25, -0.2) is 0 Å². The molecule has 0 bridgehead atoms. The Kier molecular flexibility index (Phi) is 3.56. The zero-order valence-corrected chi connectivity index (χ0v) is 14.2. The summed E-state index contributed by atoms with van der Waals surface area (Å²) in [6.07, 6.45) is 7.92. The average molecular weight is 306 g/mol. The van der Waals surface area contributed by atoms with E-state index in [0.717, 1.165) is 30.3 Å². The number of hydrogen-bond donors (Lipinski definition) is 0. The van der Waals surface area contributed by atoms with Gasteiger partial charge in [-0.05, 0) is 60.7 Å². The summed E-state index contributed by atoms with van der Waals surface area (Å²) >= 11 is 0. The SMILES string of the molecule is CC(=O)O[C@@H]1OC[C@H]2[C@@H]3C(CC[C@@H]12)C3C1CCCC(C)(C)C1. The highest BCUT2D eigenvalue weighted by Gasteiger charge is 2.63. The molecule has 3 unspecified atom stereocenters. The predicted octanol–water partition coefficient (Wildman–Crippen LogP) is 4.01. The van der Waals surface area contributed by atoms with E-state index in [1.165, 1.54) is 45.4 Å². The molecule has 7 atom stereocenters. The molecule has 3 heteroatoms. The van der Waals surface area contributed by atoms with Crippen molar-refractivity contribution in [2.24, 2.45) is 40.9 Å². The van der Waals surface area contributed by atoms with Crippen LogP contribution in [0.1, 0.15) is 59.3 Å². The number of hydrogen-bond acceptors (Lipinski definition) is 3. The minimum Gasteiger partial charge on any atom is -0.436 e. The molecule has 1 heterocycles. The van der Waals surface area contributed by atoms with Crippen LogP contribution in [-0.2, 0) is 14.3 Å². The number of fused-ring (bicyclic) bond motifs is 3. The summed E-state index contributed by atoms with van der Waals surface area (Å²) in [5.74, 6) is 4.59. The zero-order valence-electron chi connectivity index (χ0n) is 14.2. The van der Waals surface area contributed by atoms with Crippen LogP contribution in [0.2, 0.25) is 0 Å². The Morgan fingerprint density at radius 1 is 1.09 bits per heavy atom. The molecule has 0 aromatic heterocycles. The third-order valence-corrected chi connectivity index (χ3v) is 7.04. The van der Waals surface area contributed by atoms with E-state index in [4.69, 9.17) is 9.47 Å². The van der Waals surface area contributed by atoms with Crippen molar-refractivity contribution in [2.45, 2.75) is 65.6 Å². The van der Waals surface area contributed by atoms with Gasteiger partial charge in [0.1, 0.15) is 0 Å². The van der Waals surface area contributed by atoms with E-state index in [1.807, 2.05) is 0 Å². The summed E-state index contributed by atoms with van der Waals surface area (Å²) in [6, 6.07) is 0. The summed E-state index contributed by atoms with van der Waals surface area (Å²) in [4.78, 5) is 11.2. The Morgan fingerprint density at radius 3 is 2.59 bits per heavy atom. The second-order valence-electron chi connectivity index (χ2n) is 9.06. The highest BCUT2D eigenvalue weighted by molar-refractivity contribution is 5.66. The van der Waals surface area contributed by atoms with Crippen LogP contribution in [0.15, 0.2) is 0 Å². The Hall–Kier alpha value is -0.570. The monoisotopic (exact) mass is 306 g/mol. The van der Waals surface area contributed by atoms with Crippen LogP contribution in [0.4, 0.5) is 0 Å². The lowest BCUT2D eigenvalue weighted by molar-refractivity contribution is -0.173. The molecule has 3 aliphatic carbocycles. The fourth-order valence-corrected chi connectivity index (χ4v) is 6.24. The van der Waals surface area contributed by atoms with Gasteiger partial charge in [-0.15, -0.1) is 0 Å². The molecule has 0 amide bonds. The van der Waals surface area contributed by atoms with Gasteiger partial charge in [0.05, 0.1) is 6.61 Å². The smallest absolute Gasteiger partial charge is 0.304 e. The first-order valence-corrected chi connectivity index (χ1v) is 9.25. The van der Waals surface area contributed by atoms with Crippen molar-refractivity contribution in [3.8, 4) is 0 Å². The van der Waals surface area contributed by atoms with Crippen molar-refractivity contribution in [3.05, 3.63) is 0 Å². The summed E-state index contributed by atoms with van der Waals surface area (Å²) in [5.41, 5.74) is 0.542. The second-order valence-corrected chi connectivity index (χ2v) is 9.06.